The zero-order valence-corrected chi connectivity index (χ0v) is 16.4. The van der Waals surface area contributed by atoms with Crippen LogP contribution in [-0.4, -0.2) is 43.7 Å². The lowest BCUT2D eigenvalue weighted by atomic mass is 9.95. The van der Waals surface area contributed by atoms with E-state index in [4.69, 9.17) is 14.2 Å². The van der Waals surface area contributed by atoms with Gasteiger partial charge in [-0.1, -0.05) is 72.8 Å². The van der Waals surface area contributed by atoms with Gasteiger partial charge >= 0.3 is 0 Å². The molecular formula is C25H26O4. The molecule has 0 aromatic heterocycles. The van der Waals surface area contributed by atoms with Gasteiger partial charge in [-0.25, -0.2) is 0 Å². The third-order valence-corrected chi connectivity index (χ3v) is 4.89. The SMILES string of the molecule is C(OCC1CO1)C1CO1.Oc1ccccc1Cc1ccccc1-c1ccccc1. The number of rotatable bonds is 7. The van der Waals surface area contributed by atoms with Gasteiger partial charge in [0.25, 0.3) is 0 Å². The van der Waals surface area contributed by atoms with E-state index in [0.29, 0.717) is 18.0 Å². The maximum atomic E-state index is 9.93. The molecule has 3 aromatic rings. The Morgan fingerprint density at radius 1 is 0.724 bits per heavy atom. The maximum Gasteiger partial charge on any atom is 0.119 e. The monoisotopic (exact) mass is 390 g/mol. The Hall–Kier alpha value is -2.66. The van der Waals surface area contributed by atoms with E-state index in [2.05, 4.69) is 30.3 Å². The fraction of sp³-hybridized carbons (Fsp3) is 0.280. The van der Waals surface area contributed by atoms with Crippen LogP contribution >= 0.6 is 0 Å². The second kappa shape index (κ2) is 9.70. The Balaban J connectivity index is 0.000000188. The largest absolute Gasteiger partial charge is 0.508 e. The van der Waals surface area contributed by atoms with Crippen LogP contribution in [0, 0.1) is 0 Å². The molecule has 150 valence electrons. The second-order valence-corrected chi connectivity index (χ2v) is 7.28. The summed E-state index contributed by atoms with van der Waals surface area (Å²) < 4.78 is 15.1. The lowest BCUT2D eigenvalue weighted by molar-refractivity contribution is 0.102. The molecule has 5 rings (SSSR count). The third-order valence-electron chi connectivity index (χ3n) is 4.89. The minimum absolute atomic E-state index is 0.357. The van der Waals surface area contributed by atoms with Gasteiger partial charge in [-0.05, 0) is 28.3 Å². The average molecular weight is 390 g/mol. The Morgan fingerprint density at radius 2 is 1.28 bits per heavy atom. The standard InChI is InChI=1S/C19H16O.C6H10O3/c20-19-13-7-5-11-17(19)14-16-10-4-6-12-18(16)15-8-2-1-3-9-15;1(5-3-8-5)7-2-6-4-9-6/h1-13,20H,14H2;5-6H,1-4H2. The maximum absolute atomic E-state index is 9.93. The topological polar surface area (TPSA) is 54.5 Å². The van der Waals surface area contributed by atoms with Crippen LogP contribution in [0.5, 0.6) is 5.75 Å². The number of hydrogen-bond acceptors (Lipinski definition) is 4. The van der Waals surface area contributed by atoms with Crippen molar-refractivity contribution in [2.45, 2.75) is 18.6 Å². The summed E-state index contributed by atoms with van der Waals surface area (Å²) >= 11 is 0. The molecule has 0 amide bonds. The molecule has 1 N–H and O–H groups in total. The van der Waals surface area contributed by atoms with Gasteiger partial charge in [-0.2, -0.15) is 0 Å². The molecule has 2 atom stereocenters. The number of benzene rings is 3. The second-order valence-electron chi connectivity index (χ2n) is 7.28. The van der Waals surface area contributed by atoms with E-state index in [1.807, 2.05) is 42.5 Å². The highest BCUT2D eigenvalue weighted by molar-refractivity contribution is 5.68. The molecule has 0 bridgehead atoms. The predicted molar refractivity (Wildman–Crippen MR) is 113 cm³/mol. The molecule has 2 aliphatic heterocycles. The van der Waals surface area contributed by atoms with Crippen LogP contribution in [0.15, 0.2) is 78.9 Å². The first-order valence-electron chi connectivity index (χ1n) is 10.0. The van der Waals surface area contributed by atoms with Crippen LogP contribution in [-0.2, 0) is 20.6 Å². The quantitative estimate of drug-likeness (QED) is 0.606. The molecule has 0 spiro atoms. The van der Waals surface area contributed by atoms with Gasteiger partial charge in [-0.15, -0.1) is 0 Å². The normalized spacial score (nSPS) is 19.2. The van der Waals surface area contributed by atoms with E-state index in [-0.39, 0.29) is 0 Å². The van der Waals surface area contributed by atoms with Gasteiger partial charge in [0.15, 0.2) is 0 Å². The summed E-state index contributed by atoms with van der Waals surface area (Å²) in [6.07, 6.45) is 1.52. The van der Waals surface area contributed by atoms with Crippen molar-refractivity contribution < 1.29 is 19.3 Å². The molecule has 29 heavy (non-hydrogen) atoms. The Morgan fingerprint density at radius 3 is 1.90 bits per heavy atom. The molecule has 2 unspecified atom stereocenters. The summed E-state index contributed by atoms with van der Waals surface area (Å²) in [5.41, 5.74) is 4.60. The van der Waals surface area contributed by atoms with Crippen molar-refractivity contribution in [2.75, 3.05) is 26.4 Å². The van der Waals surface area contributed by atoms with Crippen LogP contribution in [0.4, 0.5) is 0 Å². The number of hydrogen-bond donors (Lipinski definition) is 1. The highest BCUT2D eigenvalue weighted by atomic mass is 16.6. The van der Waals surface area contributed by atoms with E-state index in [9.17, 15) is 5.11 Å². The molecular weight excluding hydrogens is 364 g/mol. The van der Waals surface area contributed by atoms with Crippen molar-refractivity contribution in [3.63, 3.8) is 0 Å². The molecule has 2 heterocycles. The Labute approximate surface area is 171 Å². The molecule has 3 aromatic carbocycles. The van der Waals surface area contributed by atoms with E-state index in [0.717, 1.165) is 38.4 Å². The van der Waals surface area contributed by atoms with E-state index >= 15 is 0 Å². The van der Waals surface area contributed by atoms with E-state index in [1.165, 1.54) is 16.7 Å². The first-order valence-corrected chi connectivity index (χ1v) is 10.0. The zero-order valence-electron chi connectivity index (χ0n) is 16.4. The summed E-state index contributed by atoms with van der Waals surface area (Å²) in [7, 11) is 0. The minimum Gasteiger partial charge on any atom is -0.508 e. The lowest BCUT2D eigenvalue weighted by Crippen LogP contribution is -2.06. The number of phenols is 1. The van der Waals surface area contributed by atoms with Crippen LogP contribution in [0.1, 0.15) is 11.1 Å². The first-order chi connectivity index (χ1) is 14.3. The Bertz CT molecular complexity index is 889. The summed E-state index contributed by atoms with van der Waals surface area (Å²) in [5, 5.41) is 9.93. The Kier molecular flexibility index (Phi) is 6.57. The molecule has 2 aliphatic rings. The summed E-state index contributed by atoms with van der Waals surface area (Å²) in [4.78, 5) is 0. The number of phenolic OH excluding ortho intramolecular Hbond substituents is 1. The zero-order chi connectivity index (χ0) is 19.9. The average Bonchev–Trinajstić information content (AvgIpc) is 3.68. The van der Waals surface area contributed by atoms with Crippen LogP contribution < -0.4 is 0 Å². The molecule has 0 radical (unpaired) electrons. The van der Waals surface area contributed by atoms with Gasteiger partial charge in [0.05, 0.1) is 26.4 Å². The van der Waals surface area contributed by atoms with Crippen LogP contribution in [0.2, 0.25) is 0 Å². The van der Waals surface area contributed by atoms with Gasteiger partial charge in [0, 0.05) is 6.42 Å². The first kappa shape index (κ1) is 19.6. The fourth-order valence-electron chi connectivity index (χ4n) is 3.10. The third kappa shape index (κ3) is 6.16. The lowest BCUT2D eigenvalue weighted by Gasteiger charge is -2.10. The predicted octanol–water partition coefficient (Wildman–Crippen LogP) is 4.45. The highest BCUT2D eigenvalue weighted by Gasteiger charge is 2.26. The van der Waals surface area contributed by atoms with E-state index in [1.54, 1.807) is 6.07 Å². The van der Waals surface area contributed by atoms with Gasteiger partial charge in [-0.3, -0.25) is 0 Å². The molecule has 2 saturated heterocycles. The molecule has 4 nitrogen and oxygen atoms in total. The number of para-hydroxylation sites is 1. The molecule has 0 saturated carbocycles. The van der Waals surface area contributed by atoms with Crippen molar-refractivity contribution in [3.05, 3.63) is 90.0 Å². The summed E-state index contributed by atoms with van der Waals surface area (Å²) in [5.74, 6) is 0.357. The smallest absolute Gasteiger partial charge is 0.119 e. The van der Waals surface area contributed by atoms with Crippen molar-refractivity contribution >= 4 is 0 Å². The number of epoxide rings is 2. The van der Waals surface area contributed by atoms with Crippen molar-refractivity contribution in [3.8, 4) is 16.9 Å². The molecule has 4 heteroatoms. The van der Waals surface area contributed by atoms with Crippen LogP contribution in [0.3, 0.4) is 0 Å². The van der Waals surface area contributed by atoms with Gasteiger partial charge in [0.2, 0.25) is 0 Å². The van der Waals surface area contributed by atoms with Gasteiger partial charge < -0.3 is 19.3 Å². The fourth-order valence-corrected chi connectivity index (χ4v) is 3.10. The number of ether oxygens (including phenoxy) is 3. The molecule has 0 aliphatic carbocycles. The minimum atomic E-state index is 0.357. The number of aromatic hydroxyl groups is 1. The van der Waals surface area contributed by atoms with E-state index < -0.39 is 0 Å². The van der Waals surface area contributed by atoms with Crippen LogP contribution in [0.25, 0.3) is 11.1 Å². The molecule has 2 fully saturated rings. The highest BCUT2D eigenvalue weighted by Crippen LogP contribution is 2.27. The van der Waals surface area contributed by atoms with Crippen molar-refractivity contribution in [2.24, 2.45) is 0 Å². The van der Waals surface area contributed by atoms with Crippen molar-refractivity contribution in [1.29, 1.82) is 0 Å². The summed E-state index contributed by atoms with van der Waals surface area (Å²) in [6, 6.07) is 26.2. The van der Waals surface area contributed by atoms with Gasteiger partial charge in [0.1, 0.15) is 18.0 Å². The summed E-state index contributed by atoms with van der Waals surface area (Å²) in [6.45, 7) is 3.26. The van der Waals surface area contributed by atoms with Crippen molar-refractivity contribution in [1.82, 2.24) is 0 Å².